The third kappa shape index (κ3) is 2.66. The van der Waals surface area contributed by atoms with Crippen molar-refractivity contribution in [2.45, 2.75) is 13.3 Å². The monoisotopic (exact) mass is 243 g/mol. The Kier molecular flexibility index (Phi) is 3.57. The molecule has 1 amide bonds. The van der Waals surface area contributed by atoms with Crippen molar-refractivity contribution in [1.82, 2.24) is 0 Å². The van der Waals surface area contributed by atoms with Crippen LogP contribution in [0.1, 0.15) is 33.6 Å². The van der Waals surface area contributed by atoms with Crippen LogP contribution in [-0.4, -0.2) is 12.2 Å². The second kappa shape index (κ2) is 5.31. The van der Waals surface area contributed by atoms with E-state index in [0.29, 0.717) is 11.3 Å². The molecular formula is C14H13NO3. The minimum absolute atomic E-state index is 0.267. The van der Waals surface area contributed by atoms with Crippen molar-refractivity contribution in [2.75, 3.05) is 5.32 Å². The minimum Gasteiger partial charge on any atom is -0.456 e. The molecule has 0 aliphatic carbocycles. The van der Waals surface area contributed by atoms with Crippen LogP contribution in [0.2, 0.25) is 0 Å². The van der Waals surface area contributed by atoms with Crippen molar-refractivity contribution >= 4 is 17.9 Å². The highest BCUT2D eigenvalue weighted by Gasteiger charge is 2.10. The molecule has 0 aliphatic heterocycles. The summed E-state index contributed by atoms with van der Waals surface area (Å²) >= 11 is 0. The van der Waals surface area contributed by atoms with Gasteiger partial charge in [-0.3, -0.25) is 9.59 Å². The molecule has 0 spiro atoms. The number of nitrogens with one attached hydrogen (secondary N) is 1. The molecule has 0 aliphatic rings. The molecule has 0 radical (unpaired) electrons. The van der Waals surface area contributed by atoms with Crippen LogP contribution in [0.25, 0.3) is 0 Å². The van der Waals surface area contributed by atoms with Gasteiger partial charge in [0, 0.05) is 17.7 Å². The summed E-state index contributed by atoms with van der Waals surface area (Å²) in [7, 11) is 0. The molecule has 0 bridgehead atoms. The van der Waals surface area contributed by atoms with Gasteiger partial charge in [-0.15, -0.1) is 0 Å². The minimum atomic E-state index is -0.322. The number of benzene rings is 1. The largest absolute Gasteiger partial charge is 0.456 e. The van der Waals surface area contributed by atoms with E-state index in [2.05, 4.69) is 5.32 Å². The van der Waals surface area contributed by atoms with Gasteiger partial charge in [-0.25, -0.2) is 0 Å². The average molecular weight is 243 g/mol. The molecule has 1 aromatic heterocycles. The Hall–Kier alpha value is -2.36. The lowest BCUT2D eigenvalue weighted by atomic mass is 10.2. The summed E-state index contributed by atoms with van der Waals surface area (Å²) in [5.74, 6) is 0.711. The molecular weight excluding hydrogens is 230 g/mol. The summed E-state index contributed by atoms with van der Waals surface area (Å²) in [4.78, 5) is 22.5. The van der Waals surface area contributed by atoms with E-state index in [4.69, 9.17) is 4.42 Å². The summed E-state index contributed by atoms with van der Waals surface area (Å²) in [6.07, 6.45) is 1.48. The first-order valence-electron chi connectivity index (χ1n) is 5.68. The predicted octanol–water partition coefficient (Wildman–Crippen LogP) is 2.91. The van der Waals surface area contributed by atoms with Gasteiger partial charge in [0.25, 0.3) is 5.91 Å². The first-order valence-corrected chi connectivity index (χ1v) is 5.68. The number of hydrogen-bond acceptors (Lipinski definition) is 3. The van der Waals surface area contributed by atoms with E-state index in [1.807, 2.05) is 6.92 Å². The van der Waals surface area contributed by atoms with Crippen LogP contribution in [0.3, 0.4) is 0 Å². The molecule has 1 heterocycles. The molecule has 0 saturated carbocycles. The standard InChI is InChI=1S/C14H13NO3/c1-2-12-6-7-13(18-12)14(17)15-11-5-3-4-10(8-11)9-16/h3-9H,2H2,1H3,(H,15,17). The highest BCUT2D eigenvalue weighted by molar-refractivity contribution is 6.02. The van der Waals surface area contributed by atoms with Crippen molar-refractivity contribution in [1.29, 1.82) is 0 Å². The average Bonchev–Trinajstić information content (AvgIpc) is 2.88. The summed E-state index contributed by atoms with van der Waals surface area (Å²) in [6.45, 7) is 1.95. The van der Waals surface area contributed by atoms with Crippen LogP contribution in [-0.2, 0) is 6.42 Å². The lowest BCUT2D eigenvalue weighted by Crippen LogP contribution is -2.10. The molecule has 4 heteroatoms. The molecule has 1 N–H and O–H groups in total. The Morgan fingerprint density at radius 3 is 2.83 bits per heavy atom. The maximum absolute atomic E-state index is 11.8. The fraction of sp³-hybridized carbons (Fsp3) is 0.143. The van der Waals surface area contributed by atoms with Crippen molar-refractivity contribution in [3.8, 4) is 0 Å². The zero-order valence-corrected chi connectivity index (χ0v) is 9.97. The van der Waals surface area contributed by atoms with Crippen LogP contribution in [0.5, 0.6) is 0 Å². The molecule has 2 aromatic rings. The SMILES string of the molecule is CCc1ccc(C(=O)Nc2cccc(C=O)c2)o1. The smallest absolute Gasteiger partial charge is 0.291 e. The quantitative estimate of drug-likeness (QED) is 0.840. The first kappa shape index (κ1) is 12.1. The van der Waals surface area contributed by atoms with Crippen LogP contribution in [0.4, 0.5) is 5.69 Å². The van der Waals surface area contributed by atoms with E-state index >= 15 is 0 Å². The molecule has 0 atom stereocenters. The number of aldehydes is 1. The van der Waals surface area contributed by atoms with Gasteiger partial charge in [-0.2, -0.15) is 0 Å². The van der Waals surface area contributed by atoms with Crippen LogP contribution in [0.15, 0.2) is 40.8 Å². The Morgan fingerprint density at radius 2 is 2.17 bits per heavy atom. The van der Waals surface area contributed by atoms with Crippen molar-refractivity contribution < 1.29 is 14.0 Å². The number of hydrogen-bond donors (Lipinski definition) is 1. The van der Waals surface area contributed by atoms with Gasteiger partial charge < -0.3 is 9.73 Å². The molecule has 0 unspecified atom stereocenters. The maximum atomic E-state index is 11.8. The Morgan fingerprint density at radius 1 is 1.33 bits per heavy atom. The van der Waals surface area contributed by atoms with E-state index in [0.717, 1.165) is 18.5 Å². The topological polar surface area (TPSA) is 59.3 Å². The second-order valence-electron chi connectivity index (χ2n) is 3.82. The van der Waals surface area contributed by atoms with Crippen molar-refractivity contribution in [3.63, 3.8) is 0 Å². The van der Waals surface area contributed by atoms with Gasteiger partial charge in [-0.1, -0.05) is 19.1 Å². The number of carbonyl (C=O) groups excluding carboxylic acids is 2. The maximum Gasteiger partial charge on any atom is 0.291 e. The first-order chi connectivity index (χ1) is 8.72. The number of aryl methyl sites for hydroxylation is 1. The van der Waals surface area contributed by atoms with E-state index in [-0.39, 0.29) is 11.7 Å². The van der Waals surface area contributed by atoms with Crippen LogP contribution < -0.4 is 5.32 Å². The zero-order chi connectivity index (χ0) is 13.0. The van der Waals surface area contributed by atoms with E-state index in [1.165, 1.54) is 0 Å². The summed E-state index contributed by atoms with van der Waals surface area (Å²) in [6, 6.07) is 10.1. The third-order valence-corrected chi connectivity index (χ3v) is 2.51. The van der Waals surface area contributed by atoms with Gasteiger partial charge in [0.05, 0.1) is 0 Å². The lowest BCUT2D eigenvalue weighted by molar-refractivity contribution is 0.0994. The Bertz CT molecular complexity index is 572. The normalized spacial score (nSPS) is 10.1. The molecule has 4 nitrogen and oxygen atoms in total. The van der Waals surface area contributed by atoms with Gasteiger partial charge in [0.15, 0.2) is 5.76 Å². The lowest BCUT2D eigenvalue weighted by Gasteiger charge is -2.03. The van der Waals surface area contributed by atoms with E-state index in [1.54, 1.807) is 36.4 Å². The molecule has 2 rings (SSSR count). The van der Waals surface area contributed by atoms with Gasteiger partial charge in [0.1, 0.15) is 12.0 Å². The number of amides is 1. The molecule has 1 aromatic carbocycles. The molecule has 92 valence electrons. The Labute approximate surface area is 105 Å². The number of carbonyl (C=O) groups is 2. The highest BCUT2D eigenvalue weighted by Crippen LogP contribution is 2.13. The molecule has 0 fully saturated rings. The van der Waals surface area contributed by atoms with Crippen LogP contribution >= 0.6 is 0 Å². The number of rotatable bonds is 4. The zero-order valence-electron chi connectivity index (χ0n) is 9.97. The predicted molar refractivity (Wildman–Crippen MR) is 67.9 cm³/mol. The fourth-order valence-corrected chi connectivity index (χ4v) is 1.57. The second-order valence-corrected chi connectivity index (χ2v) is 3.82. The van der Waals surface area contributed by atoms with Gasteiger partial charge >= 0.3 is 0 Å². The van der Waals surface area contributed by atoms with Gasteiger partial charge in [0.2, 0.25) is 0 Å². The van der Waals surface area contributed by atoms with E-state index < -0.39 is 0 Å². The summed E-state index contributed by atoms with van der Waals surface area (Å²) in [5.41, 5.74) is 1.08. The van der Waals surface area contributed by atoms with Gasteiger partial charge in [-0.05, 0) is 24.3 Å². The number of furan rings is 1. The van der Waals surface area contributed by atoms with E-state index in [9.17, 15) is 9.59 Å². The Balaban J connectivity index is 2.13. The molecule has 0 saturated heterocycles. The van der Waals surface area contributed by atoms with Crippen molar-refractivity contribution in [3.05, 3.63) is 53.5 Å². The van der Waals surface area contributed by atoms with Crippen LogP contribution in [0, 0.1) is 0 Å². The third-order valence-electron chi connectivity index (χ3n) is 2.51. The van der Waals surface area contributed by atoms with Crippen molar-refractivity contribution in [2.24, 2.45) is 0 Å². The number of anilines is 1. The summed E-state index contributed by atoms with van der Waals surface area (Å²) < 4.78 is 5.34. The highest BCUT2D eigenvalue weighted by atomic mass is 16.3. The summed E-state index contributed by atoms with van der Waals surface area (Å²) in [5, 5.41) is 2.68. The molecule has 18 heavy (non-hydrogen) atoms. The fourth-order valence-electron chi connectivity index (χ4n) is 1.57.